The second-order valence-electron chi connectivity index (χ2n) is 4.90. The number of aliphatic carboxylic acids is 1. The first-order valence-corrected chi connectivity index (χ1v) is 6.68. The van der Waals surface area contributed by atoms with Crippen molar-refractivity contribution in [3.63, 3.8) is 0 Å². The fourth-order valence-corrected chi connectivity index (χ4v) is 2.69. The minimum Gasteiger partial charge on any atom is -0.481 e. The number of likely N-dealkylation sites (tertiary alicyclic amines) is 1. The lowest BCUT2D eigenvalue weighted by Crippen LogP contribution is -2.37. The summed E-state index contributed by atoms with van der Waals surface area (Å²) in [5.74, 6) is -1.98. The fourth-order valence-electron chi connectivity index (χ4n) is 2.51. The maximum absolute atomic E-state index is 12.4. The molecule has 2 atom stereocenters. The summed E-state index contributed by atoms with van der Waals surface area (Å²) in [6.45, 7) is 1.97. The van der Waals surface area contributed by atoms with Crippen molar-refractivity contribution in [1.82, 2.24) is 4.90 Å². The topological polar surface area (TPSA) is 101 Å². The molecule has 0 aliphatic carbocycles. The molecule has 0 saturated carbocycles. The maximum atomic E-state index is 12.4. The fraction of sp³-hybridized carbons (Fsp3) is 0.385. The molecular formula is C13H13ClN2O5. The quantitative estimate of drug-likeness (QED) is 0.681. The van der Waals surface area contributed by atoms with Crippen LogP contribution in [-0.2, 0) is 4.79 Å². The van der Waals surface area contributed by atoms with Crippen molar-refractivity contribution >= 4 is 29.2 Å². The van der Waals surface area contributed by atoms with Gasteiger partial charge in [-0.1, -0.05) is 11.6 Å². The predicted molar refractivity (Wildman–Crippen MR) is 74.3 cm³/mol. The molecule has 1 aromatic carbocycles. The van der Waals surface area contributed by atoms with Crippen molar-refractivity contribution in [2.24, 2.45) is 5.92 Å². The smallest absolute Gasteiger partial charge is 0.308 e. The molecule has 0 bridgehead atoms. The zero-order valence-electron chi connectivity index (χ0n) is 11.2. The van der Waals surface area contributed by atoms with E-state index in [0.717, 1.165) is 6.07 Å². The lowest BCUT2D eigenvalue weighted by Gasteiger charge is -2.23. The third-order valence-corrected chi connectivity index (χ3v) is 4.04. The number of carboxylic acid groups (broad SMARTS) is 1. The number of carbonyl (C=O) groups is 2. The molecule has 1 fully saturated rings. The number of rotatable bonds is 3. The molecule has 1 saturated heterocycles. The first-order chi connectivity index (χ1) is 9.82. The number of hydrogen-bond acceptors (Lipinski definition) is 4. The van der Waals surface area contributed by atoms with Crippen LogP contribution in [0.4, 0.5) is 5.69 Å². The van der Waals surface area contributed by atoms with E-state index in [9.17, 15) is 19.7 Å². The summed E-state index contributed by atoms with van der Waals surface area (Å²) in [5, 5.41) is 19.9. The van der Waals surface area contributed by atoms with Gasteiger partial charge in [-0.25, -0.2) is 0 Å². The van der Waals surface area contributed by atoms with Gasteiger partial charge in [0.25, 0.3) is 11.6 Å². The first-order valence-electron chi connectivity index (χ1n) is 6.30. The average Bonchev–Trinajstić information content (AvgIpc) is 2.80. The third-order valence-electron chi connectivity index (χ3n) is 3.72. The van der Waals surface area contributed by atoms with Crippen molar-refractivity contribution in [1.29, 1.82) is 0 Å². The number of nitro groups is 1. The summed E-state index contributed by atoms with van der Waals surface area (Å²) in [6.07, 6.45) is 0.373. The van der Waals surface area contributed by atoms with Crippen LogP contribution in [0.1, 0.15) is 23.7 Å². The van der Waals surface area contributed by atoms with E-state index in [1.807, 2.05) is 0 Å². The number of hydrogen-bond donors (Lipinski definition) is 1. The van der Waals surface area contributed by atoms with Crippen LogP contribution in [0.15, 0.2) is 18.2 Å². The largest absolute Gasteiger partial charge is 0.481 e. The predicted octanol–water partition coefficient (Wildman–Crippen LogP) is 2.18. The van der Waals surface area contributed by atoms with Crippen molar-refractivity contribution in [2.75, 3.05) is 6.54 Å². The summed E-state index contributed by atoms with van der Waals surface area (Å²) in [6, 6.07) is 3.36. The monoisotopic (exact) mass is 312 g/mol. The highest BCUT2D eigenvalue weighted by Gasteiger charge is 2.38. The van der Waals surface area contributed by atoms with Gasteiger partial charge in [-0.2, -0.15) is 0 Å². The third kappa shape index (κ3) is 2.82. The molecule has 0 spiro atoms. The number of nitro benzene ring substituents is 1. The van der Waals surface area contributed by atoms with Crippen molar-refractivity contribution in [2.45, 2.75) is 19.4 Å². The van der Waals surface area contributed by atoms with E-state index >= 15 is 0 Å². The molecule has 1 heterocycles. The maximum Gasteiger partial charge on any atom is 0.308 e. The van der Waals surface area contributed by atoms with E-state index in [1.54, 1.807) is 6.92 Å². The summed E-state index contributed by atoms with van der Waals surface area (Å²) in [5.41, 5.74) is -0.215. The van der Waals surface area contributed by atoms with Crippen LogP contribution >= 0.6 is 11.6 Å². The molecule has 1 aliphatic rings. The summed E-state index contributed by atoms with van der Waals surface area (Å²) in [4.78, 5) is 35.0. The lowest BCUT2D eigenvalue weighted by molar-refractivity contribution is -0.384. The molecule has 8 heteroatoms. The van der Waals surface area contributed by atoms with Crippen molar-refractivity contribution in [3.8, 4) is 0 Å². The molecule has 1 aromatic rings. The van der Waals surface area contributed by atoms with Crippen LogP contribution in [0.25, 0.3) is 0 Å². The Hall–Kier alpha value is -2.15. The second kappa shape index (κ2) is 5.69. The van der Waals surface area contributed by atoms with E-state index in [1.165, 1.54) is 17.0 Å². The molecule has 2 rings (SSSR count). The van der Waals surface area contributed by atoms with Crippen LogP contribution in [0.5, 0.6) is 0 Å². The molecule has 7 nitrogen and oxygen atoms in total. The highest BCUT2D eigenvalue weighted by atomic mass is 35.5. The highest BCUT2D eigenvalue weighted by Crippen LogP contribution is 2.29. The lowest BCUT2D eigenvalue weighted by atomic mass is 10.0. The Morgan fingerprint density at radius 3 is 2.67 bits per heavy atom. The number of carboxylic acids is 1. The van der Waals surface area contributed by atoms with Crippen LogP contribution < -0.4 is 0 Å². The zero-order chi connectivity index (χ0) is 15.7. The van der Waals surface area contributed by atoms with Gasteiger partial charge in [-0.3, -0.25) is 19.7 Å². The standard InChI is InChI=1S/C13H13ClN2O5/c1-7-9(13(18)19)4-5-15(7)12(17)8-2-3-10(14)11(6-8)16(20)21/h2-3,6-7,9H,4-5H2,1H3,(H,18,19). The number of benzene rings is 1. The summed E-state index contributed by atoms with van der Waals surface area (Å²) in [7, 11) is 0. The van der Waals surface area contributed by atoms with Gasteiger partial charge in [0.1, 0.15) is 5.02 Å². The number of halogens is 1. The van der Waals surface area contributed by atoms with E-state index in [0.29, 0.717) is 13.0 Å². The number of carbonyl (C=O) groups excluding carboxylic acids is 1. The summed E-state index contributed by atoms with van der Waals surface area (Å²) >= 11 is 5.70. The molecular weight excluding hydrogens is 300 g/mol. The van der Waals surface area contributed by atoms with E-state index in [-0.39, 0.29) is 16.3 Å². The Kier molecular flexibility index (Phi) is 4.13. The molecule has 112 valence electrons. The Bertz CT molecular complexity index is 619. The van der Waals surface area contributed by atoms with Gasteiger partial charge in [0.05, 0.1) is 10.8 Å². The first kappa shape index (κ1) is 15.2. The Balaban J connectivity index is 2.27. The van der Waals surface area contributed by atoms with Gasteiger partial charge in [-0.05, 0) is 25.5 Å². The summed E-state index contributed by atoms with van der Waals surface area (Å²) < 4.78 is 0. The minimum atomic E-state index is -0.945. The van der Waals surface area contributed by atoms with E-state index in [2.05, 4.69) is 0 Å². The van der Waals surface area contributed by atoms with Crippen LogP contribution in [0.2, 0.25) is 5.02 Å². The number of amides is 1. The van der Waals surface area contributed by atoms with Gasteiger partial charge in [0.2, 0.25) is 0 Å². The van der Waals surface area contributed by atoms with Crippen molar-refractivity contribution < 1.29 is 19.6 Å². The minimum absolute atomic E-state index is 0.0468. The highest BCUT2D eigenvalue weighted by molar-refractivity contribution is 6.32. The Morgan fingerprint density at radius 2 is 2.14 bits per heavy atom. The van der Waals surface area contributed by atoms with Crippen LogP contribution in [0.3, 0.4) is 0 Å². The zero-order valence-corrected chi connectivity index (χ0v) is 11.9. The molecule has 21 heavy (non-hydrogen) atoms. The van der Waals surface area contributed by atoms with Crippen molar-refractivity contribution in [3.05, 3.63) is 38.9 Å². The molecule has 1 aliphatic heterocycles. The van der Waals surface area contributed by atoms with Gasteiger partial charge in [0.15, 0.2) is 0 Å². The van der Waals surface area contributed by atoms with Gasteiger partial charge < -0.3 is 10.0 Å². The Morgan fingerprint density at radius 1 is 1.48 bits per heavy atom. The van der Waals surface area contributed by atoms with E-state index < -0.39 is 28.8 Å². The normalized spacial score (nSPS) is 21.3. The number of nitrogens with zero attached hydrogens (tertiary/aromatic N) is 2. The van der Waals surface area contributed by atoms with E-state index in [4.69, 9.17) is 16.7 Å². The van der Waals surface area contributed by atoms with Crippen LogP contribution in [-0.4, -0.2) is 39.4 Å². The SMILES string of the molecule is CC1C(C(=O)O)CCN1C(=O)c1ccc(Cl)c([N+](=O)[O-])c1. The van der Waals surface area contributed by atoms with Gasteiger partial charge in [-0.15, -0.1) is 0 Å². The second-order valence-corrected chi connectivity index (χ2v) is 5.30. The van der Waals surface area contributed by atoms with Gasteiger partial charge in [0, 0.05) is 24.2 Å². The molecule has 1 N–H and O–H groups in total. The van der Waals surface area contributed by atoms with Crippen LogP contribution in [0, 0.1) is 16.0 Å². The molecule has 1 amide bonds. The Labute approximate surface area is 125 Å². The molecule has 0 radical (unpaired) electrons. The average molecular weight is 313 g/mol. The molecule has 2 unspecified atom stereocenters. The van der Waals surface area contributed by atoms with Gasteiger partial charge >= 0.3 is 5.97 Å². The molecule has 0 aromatic heterocycles.